The molecule has 0 saturated heterocycles. The Kier molecular flexibility index (Phi) is 4.79. The molecule has 0 heterocycles. The average Bonchev–Trinajstić information content (AvgIpc) is 1.80. The fourth-order valence-electron chi connectivity index (χ4n) is 1.14. The number of thioether (sulfide) groups is 1. The Balaban J connectivity index is 3.88. The monoisotopic (exact) mass is 190 g/mol. The van der Waals surface area contributed by atoms with Gasteiger partial charge in [-0.3, -0.25) is 0 Å². The second kappa shape index (κ2) is 4.56. The van der Waals surface area contributed by atoms with Gasteiger partial charge < -0.3 is 0 Å². The summed E-state index contributed by atoms with van der Waals surface area (Å²) in [6, 6.07) is 0. The van der Waals surface area contributed by atoms with Crippen molar-refractivity contribution in [3.63, 3.8) is 0 Å². The third-order valence-corrected chi connectivity index (χ3v) is 6.99. The minimum atomic E-state index is -0.422. The second-order valence-corrected chi connectivity index (χ2v) is 10.3. The van der Waals surface area contributed by atoms with Gasteiger partial charge in [-0.15, -0.1) is 0 Å². The predicted octanol–water partition coefficient (Wildman–Crippen LogP) is 3.32. The largest absolute Gasteiger partial charge is 0.156 e. The van der Waals surface area contributed by atoms with Gasteiger partial charge in [0.15, 0.2) is 0 Å². The molecule has 0 fully saturated rings. The first kappa shape index (κ1) is 11.6. The molecular weight excluding hydrogens is 168 g/mol. The van der Waals surface area contributed by atoms with Crippen LogP contribution in [0.1, 0.15) is 34.1 Å². The molecule has 0 aromatic heterocycles. The van der Waals surface area contributed by atoms with Gasteiger partial charge in [-0.05, 0) is 11.3 Å². The van der Waals surface area contributed by atoms with Crippen LogP contribution in [0.5, 0.6) is 0 Å². The van der Waals surface area contributed by atoms with Crippen molar-refractivity contribution in [3.05, 3.63) is 0 Å². The maximum Gasteiger partial charge on any atom is 0.0457 e. The highest BCUT2D eigenvalue weighted by Crippen LogP contribution is 2.30. The molecule has 0 aliphatic carbocycles. The number of hydrogen-bond acceptors (Lipinski definition) is 1. The van der Waals surface area contributed by atoms with Crippen LogP contribution in [-0.2, 0) is 0 Å². The van der Waals surface area contributed by atoms with Gasteiger partial charge in [0.25, 0.3) is 0 Å². The van der Waals surface area contributed by atoms with E-state index in [0.717, 1.165) is 4.87 Å². The van der Waals surface area contributed by atoms with Gasteiger partial charge >= 0.3 is 0 Å². The van der Waals surface area contributed by atoms with Crippen LogP contribution in [0.25, 0.3) is 0 Å². The Morgan fingerprint density at radius 3 is 1.82 bits per heavy atom. The van der Waals surface area contributed by atoms with Crippen LogP contribution >= 0.6 is 11.8 Å². The first-order chi connectivity index (χ1) is 4.87. The maximum absolute atomic E-state index is 2.45. The van der Waals surface area contributed by atoms with Crippen molar-refractivity contribution in [1.29, 1.82) is 0 Å². The van der Waals surface area contributed by atoms with E-state index in [0.29, 0.717) is 4.75 Å². The lowest BCUT2D eigenvalue weighted by Gasteiger charge is -2.26. The highest BCUT2D eigenvalue weighted by molar-refractivity contribution is 8.02. The molecule has 0 aromatic rings. The summed E-state index contributed by atoms with van der Waals surface area (Å²) in [5.74, 6) is 0. The summed E-state index contributed by atoms with van der Waals surface area (Å²) < 4.78 is 0.456. The van der Waals surface area contributed by atoms with Gasteiger partial charge in [-0.1, -0.05) is 40.8 Å². The molecule has 2 heteroatoms. The Hall–Kier alpha value is 0.567. The van der Waals surface area contributed by atoms with Crippen molar-refractivity contribution >= 4 is 20.6 Å². The SMILES string of the molecule is CCC(SC(C)(C)C)[SiH](C)C. The smallest absolute Gasteiger partial charge is 0.0457 e. The zero-order valence-corrected chi connectivity index (χ0v) is 10.7. The van der Waals surface area contributed by atoms with Crippen molar-refractivity contribution in [1.82, 2.24) is 0 Å². The van der Waals surface area contributed by atoms with Crippen molar-refractivity contribution in [2.24, 2.45) is 0 Å². The molecule has 0 N–H and O–H groups in total. The van der Waals surface area contributed by atoms with E-state index in [4.69, 9.17) is 0 Å². The summed E-state index contributed by atoms with van der Waals surface area (Å²) >= 11 is 2.17. The molecule has 68 valence electrons. The summed E-state index contributed by atoms with van der Waals surface area (Å²) in [6.07, 6.45) is 1.35. The lowest BCUT2D eigenvalue weighted by Crippen LogP contribution is -2.25. The standard InChI is InChI=1S/C9H22SSi/c1-7-8(11(5)6)10-9(2,3)4/h8,11H,7H2,1-6H3. The van der Waals surface area contributed by atoms with Gasteiger partial charge in [0.05, 0.1) is 0 Å². The molecule has 1 atom stereocenters. The first-order valence-corrected chi connectivity index (χ1v) is 8.40. The van der Waals surface area contributed by atoms with Crippen LogP contribution in [0.2, 0.25) is 13.1 Å². The first-order valence-electron chi connectivity index (χ1n) is 4.54. The lowest BCUT2D eigenvalue weighted by molar-refractivity contribution is 0.796. The molecule has 0 spiro atoms. The normalized spacial score (nSPS) is 15.5. The molecule has 0 bridgehead atoms. The maximum atomic E-state index is 2.45. The fourth-order valence-corrected chi connectivity index (χ4v) is 5.48. The van der Waals surface area contributed by atoms with E-state index < -0.39 is 8.80 Å². The highest BCUT2D eigenvalue weighted by Gasteiger charge is 2.20. The van der Waals surface area contributed by atoms with Gasteiger partial charge in [0, 0.05) is 13.5 Å². The van der Waals surface area contributed by atoms with Crippen LogP contribution in [0, 0.1) is 0 Å². The van der Waals surface area contributed by atoms with E-state index in [9.17, 15) is 0 Å². The number of rotatable bonds is 3. The Bertz CT molecular complexity index is 105. The van der Waals surface area contributed by atoms with Crippen molar-refractivity contribution in [2.75, 3.05) is 0 Å². The molecule has 11 heavy (non-hydrogen) atoms. The van der Waals surface area contributed by atoms with E-state index >= 15 is 0 Å². The van der Waals surface area contributed by atoms with Crippen molar-refractivity contribution in [2.45, 2.75) is 56.8 Å². The Labute approximate surface area is 77.8 Å². The average molecular weight is 190 g/mol. The molecule has 0 amide bonds. The zero-order valence-electron chi connectivity index (χ0n) is 8.77. The summed E-state index contributed by atoms with van der Waals surface area (Å²) in [6.45, 7) is 14.2. The molecule has 0 nitrogen and oxygen atoms in total. The molecule has 0 aliphatic heterocycles. The molecule has 0 aliphatic rings. The molecule has 1 unspecified atom stereocenters. The summed E-state index contributed by atoms with van der Waals surface area (Å²) in [4.78, 5) is 0.968. The van der Waals surface area contributed by atoms with Crippen LogP contribution in [-0.4, -0.2) is 18.4 Å². The minimum Gasteiger partial charge on any atom is -0.156 e. The predicted molar refractivity (Wildman–Crippen MR) is 60.3 cm³/mol. The summed E-state index contributed by atoms with van der Waals surface area (Å²) in [5, 5.41) is 0. The van der Waals surface area contributed by atoms with Crippen LogP contribution < -0.4 is 0 Å². The van der Waals surface area contributed by atoms with Crippen LogP contribution in [0.4, 0.5) is 0 Å². The van der Waals surface area contributed by atoms with Gasteiger partial charge in [-0.2, -0.15) is 11.8 Å². The fraction of sp³-hybridized carbons (Fsp3) is 1.00. The third-order valence-electron chi connectivity index (χ3n) is 1.65. The van der Waals surface area contributed by atoms with Gasteiger partial charge in [0.2, 0.25) is 0 Å². The quantitative estimate of drug-likeness (QED) is 0.615. The van der Waals surface area contributed by atoms with Crippen LogP contribution in [0.15, 0.2) is 0 Å². The summed E-state index contributed by atoms with van der Waals surface area (Å²) in [5.41, 5.74) is 0. The highest BCUT2D eigenvalue weighted by atomic mass is 32.2. The minimum absolute atomic E-state index is 0.422. The Morgan fingerprint density at radius 2 is 1.73 bits per heavy atom. The van der Waals surface area contributed by atoms with Crippen molar-refractivity contribution in [3.8, 4) is 0 Å². The van der Waals surface area contributed by atoms with Gasteiger partial charge in [0.1, 0.15) is 0 Å². The molecule has 0 saturated carbocycles. The van der Waals surface area contributed by atoms with E-state index in [1.165, 1.54) is 6.42 Å². The topological polar surface area (TPSA) is 0 Å². The second-order valence-electron chi connectivity index (χ2n) is 4.42. The Morgan fingerprint density at radius 1 is 1.27 bits per heavy atom. The number of hydrogen-bond donors (Lipinski definition) is 0. The lowest BCUT2D eigenvalue weighted by atomic mass is 10.3. The van der Waals surface area contributed by atoms with Gasteiger partial charge in [-0.25, -0.2) is 0 Å². The van der Waals surface area contributed by atoms with Crippen molar-refractivity contribution < 1.29 is 0 Å². The van der Waals surface area contributed by atoms with E-state index in [1.807, 2.05) is 0 Å². The zero-order chi connectivity index (χ0) is 9.07. The molecular formula is C9H22SSi. The van der Waals surface area contributed by atoms with E-state index in [-0.39, 0.29) is 0 Å². The third kappa shape index (κ3) is 5.80. The molecule has 0 rings (SSSR count). The van der Waals surface area contributed by atoms with E-state index in [1.54, 1.807) is 0 Å². The molecule has 0 radical (unpaired) electrons. The summed E-state index contributed by atoms with van der Waals surface area (Å²) in [7, 11) is -0.422. The molecule has 0 aromatic carbocycles. The van der Waals surface area contributed by atoms with Crippen LogP contribution in [0.3, 0.4) is 0 Å². The van der Waals surface area contributed by atoms with E-state index in [2.05, 4.69) is 52.6 Å².